The predicted octanol–water partition coefficient (Wildman–Crippen LogP) is 3.79. The zero-order valence-corrected chi connectivity index (χ0v) is 16.3. The molecule has 3 heteroatoms. The van der Waals surface area contributed by atoms with Crippen LogP contribution in [-0.2, 0) is 20.4 Å². The van der Waals surface area contributed by atoms with Gasteiger partial charge in [0.05, 0.1) is 0 Å². The van der Waals surface area contributed by atoms with Crippen LogP contribution in [0.25, 0.3) is 0 Å². The van der Waals surface area contributed by atoms with E-state index in [1.807, 2.05) is 0 Å². The van der Waals surface area contributed by atoms with Crippen molar-refractivity contribution in [2.24, 2.45) is 0 Å². The van der Waals surface area contributed by atoms with Crippen molar-refractivity contribution >= 4 is 26.5 Å². The van der Waals surface area contributed by atoms with Crippen LogP contribution in [0.1, 0.15) is 27.7 Å². The summed E-state index contributed by atoms with van der Waals surface area (Å²) in [6.45, 7) is 9.12. The molecule has 23 heavy (non-hydrogen) atoms. The standard InChI is InChI=1S/2C10H15P.Re.7H/c2*1-3-11(4-2)10-8-6-5-7-9-10;;;;;;;;/h2*5-9H,3-4H2,1-2H3;;;;;;;;. The SMILES string of the molecule is CCP(CC)c1ccccc1.CCP(CC)c1ccccc1.[ReH7]. The first-order valence-corrected chi connectivity index (χ1v) is 11.8. The molecule has 0 saturated carbocycles. The molecule has 2 rings (SSSR count). The van der Waals surface area contributed by atoms with Crippen LogP contribution in [0.15, 0.2) is 60.7 Å². The summed E-state index contributed by atoms with van der Waals surface area (Å²) < 4.78 is 0. The van der Waals surface area contributed by atoms with Gasteiger partial charge in [0.2, 0.25) is 0 Å². The summed E-state index contributed by atoms with van der Waals surface area (Å²) in [5.74, 6) is 0. The maximum atomic E-state index is 2.28. The fourth-order valence-electron chi connectivity index (χ4n) is 2.46. The molecule has 0 bridgehead atoms. The first kappa shape index (κ1) is 23.0. The van der Waals surface area contributed by atoms with Gasteiger partial charge < -0.3 is 0 Å². The van der Waals surface area contributed by atoms with E-state index in [1.54, 1.807) is 10.6 Å². The molecule has 0 atom stereocenters. The van der Waals surface area contributed by atoms with Gasteiger partial charge in [0.15, 0.2) is 0 Å². The first-order chi connectivity index (χ1) is 10.8. The molecule has 0 N–H and O–H groups in total. The third-order valence-electron chi connectivity index (χ3n) is 3.77. The average Bonchev–Trinajstić information content (AvgIpc) is 2.60. The summed E-state index contributed by atoms with van der Waals surface area (Å²) in [7, 11) is 0.297. The van der Waals surface area contributed by atoms with Gasteiger partial charge in [-0.2, -0.15) is 0 Å². The molecule has 0 saturated heterocycles. The van der Waals surface area contributed by atoms with Gasteiger partial charge in [-0.25, -0.2) is 0 Å². The molecule has 2 aromatic carbocycles. The molecule has 0 amide bonds. The normalized spacial score (nSPS) is 10.0. The van der Waals surface area contributed by atoms with Crippen LogP contribution in [0.5, 0.6) is 0 Å². The molecule has 1 radical (unpaired) electrons. The molecule has 0 nitrogen and oxygen atoms in total. The van der Waals surface area contributed by atoms with Crippen LogP contribution in [0, 0.1) is 0 Å². The quantitative estimate of drug-likeness (QED) is 0.504. The van der Waals surface area contributed by atoms with Gasteiger partial charge in [-0.15, -0.1) is 0 Å². The van der Waals surface area contributed by atoms with Gasteiger partial charge >= 0.3 is 20.4 Å². The minimum absolute atomic E-state index is 0. The van der Waals surface area contributed by atoms with Gasteiger partial charge in [0.1, 0.15) is 0 Å². The maximum absolute atomic E-state index is 2.28. The second-order valence-corrected chi connectivity index (χ2v) is 10.7. The number of rotatable bonds is 6. The summed E-state index contributed by atoms with van der Waals surface area (Å²) in [4.78, 5) is 0. The van der Waals surface area contributed by atoms with Crippen molar-refractivity contribution in [3.8, 4) is 0 Å². The van der Waals surface area contributed by atoms with Crippen LogP contribution < -0.4 is 10.6 Å². The minimum atomic E-state index is 0. The summed E-state index contributed by atoms with van der Waals surface area (Å²) in [6, 6.07) is 21.7. The van der Waals surface area contributed by atoms with E-state index in [-0.39, 0.29) is 36.3 Å². The Morgan fingerprint density at radius 3 is 1.00 bits per heavy atom. The summed E-state index contributed by atoms with van der Waals surface area (Å²) in [6.07, 6.45) is 5.26. The van der Waals surface area contributed by atoms with Crippen LogP contribution >= 0.6 is 15.8 Å². The zero-order valence-electron chi connectivity index (χ0n) is 14.5. The Morgan fingerprint density at radius 1 is 0.522 bits per heavy atom. The van der Waals surface area contributed by atoms with E-state index in [4.69, 9.17) is 0 Å². The Bertz CT molecular complexity index is 432. The molecule has 0 heterocycles. The van der Waals surface area contributed by atoms with Gasteiger partial charge in [-0.3, -0.25) is 0 Å². The van der Waals surface area contributed by atoms with Gasteiger partial charge in [0.25, 0.3) is 0 Å². The Balaban J connectivity index is 0.000000403. The molecule has 0 aliphatic heterocycles. The van der Waals surface area contributed by atoms with Crippen molar-refractivity contribution in [3.05, 3.63) is 60.7 Å². The number of hydrogen-bond donors (Lipinski definition) is 0. The monoisotopic (exact) mass is 526 g/mol. The average molecular weight is 526 g/mol. The molecule has 2 aromatic rings. The molecule has 0 spiro atoms. The molecule has 0 unspecified atom stereocenters. The summed E-state index contributed by atoms with van der Waals surface area (Å²) in [5, 5.41) is 3.10. The summed E-state index contributed by atoms with van der Waals surface area (Å²) >= 11 is 0. The van der Waals surface area contributed by atoms with Gasteiger partial charge in [-0.05, 0) is 35.3 Å². The van der Waals surface area contributed by atoms with Crippen LogP contribution in [0.4, 0.5) is 0 Å². The fourth-order valence-corrected chi connectivity index (χ4v) is 6.00. The van der Waals surface area contributed by atoms with Crippen molar-refractivity contribution in [1.82, 2.24) is 0 Å². The Labute approximate surface area is 159 Å². The predicted molar refractivity (Wildman–Crippen MR) is 118 cm³/mol. The molecule has 0 aromatic heterocycles. The molecular formula is C20H37P2Re. The Hall–Kier alpha value is -0.0377. The van der Waals surface area contributed by atoms with Crippen molar-refractivity contribution in [2.75, 3.05) is 24.6 Å². The molecule has 134 valence electrons. The Kier molecular flexibility index (Phi) is 14.3. The second-order valence-electron chi connectivity index (χ2n) is 5.02. The van der Waals surface area contributed by atoms with E-state index >= 15 is 0 Å². The number of hydrogen-bond acceptors (Lipinski definition) is 0. The topological polar surface area (TPSA) is 0 Å². The van der Waals surface area contributed by atoms with Gasteiger partial charge in [-0.1, -0.05) is 104 Å². The molecule has 0 aliphatic carbocycles. The molecule has 0 fully saturated rings. The molecule has 0 aliphatic rings. The van der Waals surface area contributed by atoms with E-state index in [0.29, 0.717) is 0 Å². The first-order valence-electron chi connectivity index (χ1n) is 8.36. The third kappa shape index (κ3) is 8.57. The number of benzene rings is 2. The Morgan fingerprint density at radius 2 is 0.783 bits per heavy atom. The van der Waals surface area contributed by atoms with E-state index in [0.717, 1.165) is 0 Å². The van der Waals surface area contributed by atoms with Crippen molar-refractivity contribution < 1.29 is 20.4 Å². The van der Waals surface area contributed by atoms with Crippen molar-refractivity contribution in [3.63, 3.8) is 0 Å². The van der Waals surface area contributed by atoms with E-state index in [1.165, 1.54) is 24.6 Å². The van der Waals surface area contributed by atoms with Crippen LogP contribution in [0.2, 0.25) is 0 Å². The fraction of sp³-hybridized carbons (Fsp3) is 0.400. The van der Waals surface area contributed by atoms with Crippen molar-refractivity contribution in [1.29, 1.82) is 0 Å². The zero-order chi connectivity index (χ0) is 16.2. The van der Waals surface area contributed by atoms with Crippen molar-refractivity contribution in [2.45, 2.75) is 27.7 Å². The molecular weight excluding hydrogens is 488 g/mol. The van der Waals surface area contributed by atoms with Crippen LogP contribution in [0.3, 0.4) is 0 Å². The third-order valence-corrected chi connectivity index (χ3v) is 8.88. The van der Waals surface area contributed by atoms with E-state index in [9.17, 15) is 0 Å². The van der Waals surface area contributed by atoms with Gasteiger partial charge in [0, 0.05) is 0 Å². The van der Waals surface area contributed by atoms with Crippen LogP contribution in [-0.4, -0.2) is 24.6 Å². The van der Waals surface area contributed by atoms with E-state index < -0.39 is 0 Å². The summed E-state index contributed by atoms with van der Waals surface area (Å²) in [5.41, 5.74) is 0. The van der Waals surface area contributed by atoms with E-state index in [2.05, 4.69) is 88.4 Å². The second kappa shape index (κ2) is 14.3.